The number of aromatic nitrogens is 1. The molecule has 0 fully saturated rings. The maximum Gasteiger partial charge on any atom is 0.337 e. The third-order valence-electron chi connectivity index (χ3n) is 2.21. The maximum atomic E-state index is 11.7. The van der Waals surface area contributed by atoms with Crippen LogP contribution in [0, 0.1) is 0 Å². The molecule has 1 aromatic heterocycles. The minimum atomic E-state index is -0.445. The fraction of sp³-hybridized carbons (Fsp3) is 0.0833. The second-order valence-electron chi connectivity index (χ2n) is 3.40. The molecule has 18 heavy (non-hydrogen) atoms. The predicted molar refractivity (Wildman–Crippen MR) is 67.8 cm³/mol. The molecule has 6 heteroatoms. The molecule has 0 unspecified atom stereocenters. The summed E-state index contributed by atoms with van der Waals surface area (Å²) in [6, 6.07) is 6.53. The first-order valence-corrected chi connectivity index (χ1v) is 6.03. The van der Waals surface area contributed by atoms with E-state index in [4.69, 9.17) is 0 Å². The van der Waals surface area contributed by atoms with E-state index < -0.39 is 5.97 Å². The largest absolute Gasteiger partial charge is 0.465 e. The molecule has 92 valence electrons. The molecule has 0 saturated heterocycles. The molecule has 2 rings (SSSR count). The molecule has 0 saturated carbocycles. The highest BCUT2D eigenvalue weighted by molar-refractivity contribution is 7.07. The van der Waals surface area contributed by atoms with Gasteiger partial charge in [0.25, 0.3) is 5.91 Å². The van der Waals surface area contributed by atoms with Crippen molar-refractivity contribution in [3.8, 4) is 0 Å². The van der Waals surface area contributed by atoms with Gasteiger partial charge in [0.05, 0.1) is 18.2 Å². The van der Waals surface area contributed by atoms with Gasteiger partial charge in [-0.15, -0.1) is 11.3 Å². The Hall–Kier alpha value is -2.21. The van der Waals surface area contributed by atoms with E-state index in [1.165, 1.54) is 18.4 Å². The highest BCUT2D eigenvalue weighted by atomic mass is 32.1. The first-order valence-electron chi connectivity index (χ1n) is 5.08. The normalized spacial score (nSPS) is 9.83. The van der Waals surface area contributed by atoms with Crippen molar-refractivity contribution < 1.29 is 14.3 Å². The third kappa shape index (κ3) is 2.72. The third-order valence-corrected chi connectivity index (χ3v) is 2.79. The van der Waals surface area contributed by atoms with Gasteiger partial charge >= 0.3 is 5.97 Å². The minimum absolute atomic E-state index is 0.307. The maximum absolute atomic E-state index is 11.7. The molecule has 0 bridgehead atoms. The first kappa shape index (κ1) is 12.3. The lowest BCUT2D eigenvalue weighted by Gasteiger charge is -2.05. The first-order chi connectivity index (χ1) is 8.70. The number of benzene rings is 1. The van der Waals surface area contributed by atoms with Gasteiger partial charge < -0.3 is 10.1 Å². The highest BCUT2D eigenvalue weighted by Crippen LogP contribution is 2.13. The molecular formula is C12H10N2O3S. The second-order valence-corrected chi connectivity index (χ2v) is 4.12. The second kappa shape index (κ2) is 5.42. The summed E-state index contributed by atoms with van der Waals surface area (Å²) in [5, 5.41) is 4.31. The number of carbonyl (C=O) groups is 2. The molecule has 1 heterocycles. The number of amides is 1. The van der Waals surface area contributed by atoms with Gasteiger partial charge in [0, 0.05) is 11.1 Å². The number of methoxy groups -OCH3 is 1. The van der Waals surface area contributed by atoms with Crippen molar-refractivity contribution in [1.29, 1.82) is 0 Å². The van der Waals surface area contributed by atoms with Crippen LogP contribution >= 0.6 is 11.3 Å². The van der Waals surface area contributed by atoms with E-state index in [1.54, 1.807) is 35.2 Å². The summed E-state index contributed by atoms with van der Waals surface area (Å²) in [7, 11) is 1.31. The number of rotatable bonds is 3. The average Bonchev–Trinajstić information content (AvgIpc) is 2.92. The van der Waals surface area contributed by atoms with Crippen LogP contribution in [0.5, 0.6) is 0 Å². The number of nitrogens with zero attached hydrogens (tertiary/aromatic N) is 1. The number of thiazole rings is 1. The van der Waals surface area contributed by atoms with Crippen LogP contribution in [0.3, 0.4) is 0 Å². The summed E-state index contributed by atoms with van der Waals surface area (Å²) in [6.07, 6.45) is 0. The molecule has 0 atom stereocenters. The Labute approximate surface area is 107 Å². The summed E-state index contributed by atoms with van der Waals surface area (Å²) in [4.78, 5) is 27.0. The number of anilines is 1. The topological polar surface area (TPSA) is 68.3 Å². The Morgan fingerprint density at radius 2 is 2.22 bits per heavy atom. The van der Waals surface area contributed by atoms with E-state index in [-0.39, 0.29) is 5.91 Å². The van der Waals surface area contributed by atoms with Gasteiger partial charge in [-0.3, -0.25) is 4.79 Å². The van der Waals surface area contributed by atoms with Crippen LogP contribution in [0.15, 0.2) is 35.2 Å². The zero-order valence-corrected chi connectivity index (χ0v) is 10.4. The van der Waals surface area contributed by atoms with Crippen molar-refractivity contribution in [2.45, 2.75) is 0 Å². The lowest BCUT2D eigenvalue weighted by molar-refractivity contribution is 0.0600. The van der Waals surface area contributed by atoms with E-state index in [1.807, 2.05) is 0 Å². The van der Waals surface area contributed by atoms with Crippen LogP contribution in [0.4, 0.5) is 5.69 Å². The molecule has 1 amide bonds. The van der Waals surface area contributed by atoms with Crippen LogP contribution in [-0.2, 0) is 4.74 Å². The lowest BCUT2D eigenvalue weighted by Crippen LogP contribution is -2.12. The van der Waals surface area contributed by atoms with Gasteiger partial charge in [-0.25, -0.2) is 9.78 Å². The van der Waals surface area contributed by atoms with E-state index in [0.717, 1.165) is 0 Å². The van der Waals surface area contributed by atoms with Crippen molar-refractivity contribution in [3.63, 3.8) is 0 Å². The van der Waals surface area contributed by atoms with Crippen LogP contribution in [0.25, 0.3) is 0 Å². The lowest BCUT2D eigenvalue weighted by atomic mass is 10.2. The van der Waals surface area contributed by atoms with Crippen LogP contribution in [0.2, 0.25) is 0 Å². The van der Waals surface area contributed by atoms with Gasteiger partial charge in [0.2, 0.25) is 0 Å². The van der Waals surface area contributed by atoms with E-state index in [0.29, 0.717) is 16.9 Å². The summed E-state index contributed by atoms with van der Waals surface area (Å²) in [5.74, 6) is -0.752. The van der Waals surface area contributed by atoms with Crippen molar-refractivity contribution in [2.75, 3.05) is 12.4 Å². The van der Waals surface area contributed by atoms with E-state index in [2.05, 4.69) is 15.0 Å². The molecule has 5 nitrogen and oxygen atoms in total. The molecule has 2 aromatic rings. The summed E-state index contributed by atoms with van der Waals surface area (Å²) in [6.45, 7) is 0. The van der Waals surface area contributed by atoms with Gasteiger partial charge in [-0.05, 0) is 18.2 Å². The number of ether oxygens (including phenoxy) is 1. The zero-order valence-electron chi connectivity index (χ0n) is 9.54. The number of carbonyl (C=O) groups excluding carboxylic acids is 2. The number of nitrogens with one attached hydrogen (secondary N) is 1. The standard InChI is InChI=1S/C12H10N2O3S/c1-17-12(16)8-3-2-4-9(5-8)14-11(15)10-6-18-7-13-10/h2-7H,1H3,(H,14,15). The number of hydrogen-bond donors (Lipinski definition) is 1. The summed E-state index contributed by atoms with van der Waals surface area (Å²) >= 11 is 1.34. The number of esters is 1. The van der Waals surface area contributed by atoms with Crippen LogP contribution in [0.1, 0.15) is 20.8 Å². The number of hydrogen-bond acceptors (Lipinski definition) is 5. The van der Waals surface area contributed by atoms with Crippen molar-refractivity contribution in [3.05, 3.63) is 46.4 Å². The molecule has 0 aliphatic heterocycles. The van der Waals surface area contributed by atoms with Crippen molar-refractivity contribution in [2.24, 2.45) is 0 Å². The summed E-state index contributed by atoms with van der Waals surface area (Å²) < 4.78 is 4.61. The minimum Gasteiger partial charge on any atom is -0.465 e. The highest BCUT2D eigenvalue weighted by Gasteiger charge is 2.10. The zero-order chi connectivity index (χ0) is 13.0. The van der Waals surface area contributed by atoms with Crippen LogP contribution < -0.4 is 5.32 Å². The van der Waals surface area contributed by atoms with Crippen molar-refractivity contribution >= 4 is 28.9 Å². The predicted octanol–water partition coefficient (Wildman–Crippen LogP) is 2.18. The Kier molecular flexibility index (Phi) is 3.69. The van der Waals surface area contributed by atoms with Gasteiger partial charge in [0.1, 0.15) is 5.69 Å². The molecular weight excluding hydrogens is 252 g/mol. The van der Waals surface area contributed by atoms with Crippen LogP contribution in [-0.4, -0.2) is 24.0 Å². The smallest absolute Gasteiger partial charge is 0.337 e. The Morgan fingerprint density at radius 1 is 1.39 bits per heavy atom. The quantitative estimate of drug-likeness (QED) is 0.861. The monoisotopic (exact) mass is 262 g/mol. The summed E-state index contributed by atoms with van der Waals surface area (Å²) in [5.41, 5.74) is 2.84. The molecule has 1 N–H and O–H groups in total. The molecule has 1 aromatic carbocycles. The Bertz CT molecular complexity index is 566. The SMILES string of the molecule is COC(=O)c1cccc(NC(=O)c2cscn2)c1. The molecule has 0 spiro atoms. The van der Waals surface area contributed by atoms with Gasteiger partial charge in [-0.2, -0.15) is 0 Å². The fourth-order valence-electron chi connectivity index (χ4n) is 1.36. The van der Waals surface area contributed by atoms with Gasteiger partial charge in [0.15, 0.2) is 0 Å². The molecule has 0 aliphatic rings. The van der Waals surface area contributed by atoms with Gasteiger partial charge in [-0.1, -0.05) is 6.07 Å². The fourth-order valence-corrected chi connectivity index (χ4v) is 1.89. The van der Waals surface area contributed by atoms with Crippen molar-refractivity contribution in [1.82, 2.24) is 4.98 Å². The average molecular weight is 262 g/mol. The van der Waals surface area contributed by atoms with E-state index >= 15 is 0 Å². The Morgan fingerprint density at radius 3 is 2.89 bits per heavy atom. The molecule has 0 aliphatic carbocycles. The Balaban J connectivity index is 2.15. The molecule has 0 radical (unpaired) electrons. The van der Waals surface area contributed by atoms with E-state index in [9.17, 15) is 9.59 Å².